The Kier molecular flexibility index (Phi) is 6.26. The van der Waals surface area contributed by atoms with Crippen molar-refractivity contribution in [2.75, 3.05) is 13.2 Å². The normalized spacial score (nSPS) is 24.8. The van der Waals surface area contributed by atoms with Gasteiger partial charge in [0, 0.05) is 68.4 Å². The summed E-state index contributed by atoms with van der Waals surface area (Å²) in [6, 6.07) is 15.7. The van der Waals surface area contributed by atoms with Gasteiger partial charge in [-0.15, -0.1) is 0 Å². The first-order chi connectivity index (χ1) is 18.1. The zero-order valence-corrected chi connectivity index (χ0v) is 21.0. The first kappa shape index (κ1) is 23.8. The average Bonchev–Trinajstić information content (AvgIpc) is 3.13. The number of amides is 1. The van der Waals surface area contributed by atoms with Gasteiger partial charge in [-0.25, -0.2) is 0 Å². The molecule has 1 amide bonds. The summed E-state index contributed by atoms with van der Waals surface area (Å²) in [5.74, 6) is -0.622. The minimum absolute atomic E-state index is 0.0363. The van der Waals surface area contributed by atoms with Crippen molar-refractivity contribution < 1.29 is 9.90 Å². The fourth-order valence-corrected chi connectivity index (χ4v) is 6.64. The number of hydrogen-bond donors (Lipinski definition) is 1. The Hall–Kier alpha value is -3.55. The number of aliphatic hydroxyl groups excluding tert-OH is 1. The van der Waals surface area contributed by atoms with Crippen LogP contribution in [-0.2, 0) is 30.8 Å². The van der Waals surface area contributed by atoms with Gasteiger partial charge in [-0.2, -0.15) is 0 Å². The molecule has 1 aromatic carbocycles. The molecule has 2 bridgehead atoms. The summed E-state index contributed by atoms with van der Waals surface area (Å²) >= 11 is 0. The van der Waals surface area contributed by atoms with Crippen LogP contribution in [-0.4, -0.2) is 49.6 Å². The molecule has 0 radical (unpaired) electrons. The summed E-state index contributed by atoms with van der Waals surface area (Å²) in [6.45, 7) is 4.14. The second-order valence-corrected chi connectivity index (χ2v) is 10.3. The molecule has 190 valence electrons. The average molecular weight is 497 g/mol. The van der Waals surface area contributed by atoms with E-state index in [1.54, 1.807) is 12.4 Å². The van der Waals surface area contributed by atoms with E-state index in [1.807, 2.05) is 64.9 Å². The van der Waals surface area contributed by atoms with Crippen LogP contribution in [0.4, 0.5) is 0 Å². The minimum atomic E-state index is -0.428. The molecule has 0 spiro atoms. The Bertz CT molecular complexity index is 1400. The van der Waals surface area contributed by atoms with Crippen molar-refractivity contribution in [3.05, 3.63) is 105 Å². The number of aliphatic hydroxyl groups is 1. The van der Waals surface area contributed by atoms with Crippen molar-refractivity contribution in [1.82, 2.24) is 19.4 Å². The third-order valence-electron chi connectivity index (χ3n) is 8.39. The largest absolute Gasteiger partial charge is 0.396 e. The van der Waals surface area contributed by atoms with Gasteiger partial charge in [-0.05, 0) is 54.3 Å². The molecule has 1 saturated heterocycles. The number of allylic oxidation sites excluding steroid dienone is 1. The molecule has 0 unspecified atom stereocenters. The summed E-state index contributed by atoms with van der Waals surface area (Å²) in [5.41, 5.74) is 5.04. The fourth-order valence-electron chi connectivity index (χ4n) is 6.64. The molecule has 0 aliphatic carbocycles. The van der Waals surface area contributed by atoms with Gasteiger partial charge in [0.1, 0.15) is 0 Å². The van der Waals surface area contributed by atoms with Gasteiger partial charge < -0.3 is 14.6 Å². The van der Waals surface area contributed by atoms with E-state index < -0.39 is 5.92 Å². The Balaban J connectivity index is 1.42. The summed E-state index contributed by atoms with van der Waals surface area (Å²) in [7, 11) is 0. The van der Waals surface area contributed by atoms with Gasteiger partial charge in [0.2, 0.25) is 5.91 Å². The van der Waals surface area contributed by atoms with Gasteiger partial charge in [0.05, 0.1) is 12.0 Å². The van der Waals surface area contributed by atoms with Crippen LogP contribution in [0.1, 0.15) is 40.9 Å². The summed E-state index contributed by atoms with van der Waals surface area (Å²) < 4.78 is 1.84. The van der Waals surface area contributed by atoms with Crippen molar-refractivity contribution in [2.24, 2.45) is 11.8 Å². The highest BCUT2D eigenvalue weighted by molar-refractivity contribution is 5.81. The molecule has 2 aromatic heterocycles. The predicted molar refractivity (Wildman–Crippen MR) is 141 cm³/mol. The molecular formula is C30H32N4O3. The third kappa shape index (κ3) is 4.03. The number of carbonyl (C=O) groups is 1. The van der Waals surface area contributed by atoms with E-state index in [4.69, 9.17) is 0 Å². The Morgan fingerprint density at radius 3 is 2.65 bits per heavy atom. The lowest BCUT2D eigenvalue weighted by atomic mass is 9.85. The number of carbonyl (C=O) groups excluding carboxylic acids is 1. The minimum Gasteiger partial charge on any atom is -0.396 e. The van der Waals surface area contributed by atoms with Crippen LogP contribution >= 0.6 is 0 Å². The van der Waals surface area contributed by atoms with E-state index >= 15 is 0 Å². The van der Waals surface area contributed by atoms with Crippen molar-refractivity contribution in [3.8, 4) is 0 Å². The highest BCUT2D eigenvalue weighted by atomic mass is 16.3. The fraction of sp³-hybridized carbons (Fsp3) is 0.367. The van der Waals surface area contributed by atoms with Gasteiger partial charge >= 0.3 is 0 Å². The first-order valence-corrected chi connectivity index (χ1v) is 13.1. The standard InChI is InChI=1S/C30H32N4O3/c1-2-5-22-8-9-25-28-27(30(37)32-15-12-21-6-3-4-7-23(21)17-32)24(19-35)26(18-34(25)29(22)36)33(28)16-20-10-13-31-14-11-20/h2-11,13-14,24,26-28,35H,12,15-19H2,1H3/b5-2-/t24-,26-,27+,28+/m1/s1. The molecule has 5 heterocycles. The number of pyridine rings is 2. The maximum atomic E-state index is 14.3. The van der Waals surface area contributed by atoms with Crippen LogP contribution in [0.15, 0.2) is 71.8 Å². The van der Waals surface area contributed by atoms with Crippen molar-refractivity contribution in [3.63, 3.8) is 0 Å². The maximum Gasteiger partial charge on any atom is 0.258 e. The molecule has 4 atom stereocenters. The smallest absolute Gasteiger partial charge is 0.258 e. The molecule has 3 aliphatic heterocycles. The van der Waals surface area contributed by atoms with E-state index in [9.17, 15) is 14.7 Å². The van der Waals surface area contributed by atoms with Crippen molar-refractivity contribution in [1.29, 1.82) is 0 Å². The number of rotatable bonds is 5. The van der Waals surface area contributed by atoms with Gasteiger partial charge in [-0.3, -0.25) is 19.5 Å². The van der Waals surface area contributed by atoms with Crippen molar-refractivity contribution in [2.45, 2.75) is 45.1 Å². The molecule has 1 N–H and O–H groups in total. The molecule has 3 aliphatic rings. The second kappa shape index (κ2) is 9.72. The van der Waals surface area contributed by atoms with Gasteiger partial charge in [-0.1, -0.05) is 36.4 Å². The lowest BCUT2D eigenvalue weighted by Gasteiger charge is -2.39. The maximum absolute atomic E-state index is 14.3. The predicted octanol–water partition coefficient (Wildman–Crippen LogP) is 3.03. The SMILES string of the molecule is C/C=C\c1ccc2n(c1=O)C[C@@H]1[C@@H](CO)[C@H](C(=O)N3CCc4ccccc4C3)[C@H]2N1Cc1ccncc1. The molecule has 1 fully saturated rings. The zero-order chi connectivity index (χ0) is 25.5. The molecule has 6 rings (SSSR count). The van der Waals surface area contributed by atoms with Crippen LogP contribution in [0.3, 0.4) is 0 Å². The number of hydrogen-bond acceptors (Lipinski definition) is 5. The quantitative estimate of drug-likeness (QED) is 0.588. The second-order valence-electron chi connectivity index (χ2n) is 10.3. The van der Waals surface area contributed by atoms with E-state index in [2.05, 4.69) is 22.0 Å². The molecule has 7 heteroatoms. The number of fused-ring (bicyclic) bond motifs is 5. The van der Waals surface area contributed by atoms with E-state index in [-0.39, 0.29) is 36.1 Å². The molecular weight excluding hydrogens is 464 g/mol. The van der Waals surface area contributed by atoms with Crippen LogP contribution in [0, 0.1) is 11.8 Å². The van der Waals surface area contributed by atoms with Crippen LogP contribution in [0.25, 0.3) is 6.08 Å². The summed E-state index contributed by atoms with van der Waals surface area (Å²) in [5, 5.41) is 10.7. The number of benzene rings is 1. The Morgan fingerprint density at radius 2 is 1.89 bits per heavy atom. The Labute approximate surface area is 216 Å². The third-order valence-corrected chi connectivity index (χ3v) is 8.39. The monoisotopic (exact) mass is 496 g/mol. The molecule has 37 heavy (non-hydrogen) atoms. The zero-order valence-electron chi connectivity index (χ0n) is 21.0. The lowest BCUT2D eigenvalue weighted by molar-refractivity contribution is -0.139. The highest BCUT2D eigenvalue weighted by Crippen LogP contribution is 2.49. The molecule has 7 nitrogen and oxygen atoms in total. The summed E-state index contributed by atoms with van der Waals surface area (Å²) in [4.78, 5) is 36.1. The van der Waals surface area contributed by atoms with Crippen LogP contribution < -0.4 is 5.56 Å². The number of nitrogens with zero attached hydrogens (tertiary/aromatic N) is 4. The number of aromatic nitrogens is 2. The Morgan fingerprint density at radius 1 is 1.11 bits per heavy atom. The van der Waals surface area contributed by atoms with Crippen LogP contribution in [0.2, 0.25) is 0 Å². The van der Waals surface area contributed by atoms with Gasteiger partial charge in [0.25, 0.3) is 5.56 Å². The lowest BCUT2D eigenvalue weighted by Crippen LogP contribution is -2.46. The molecule has 0 saturated carbocycles. The van der Waals surface area contributed by atoms with Crippen molar-refractivity contribution >= 4 is 12.0 Å². The topological polar surface area (TPSA) is 78.7 Å². The summed E-state index contributed by atoms with van der Waals surface area (Å²) in [6.07, 6.45) is 8.09. The van der Waals surface area contributed by atoms with E-state index in [1.165, 1.54) is 11.1 Å². The van der Waals surface area contributed by atoms with Gasteiger partial charge in [0.15, 0.2) is 0 Å². The van der Waals surface area contributed by atoms with Crippen LogP contribution in [0.5, 0.6) is 0 Å². The first-order valence-electron chi connectivity index (χ1n) is 13.1. The van der Waals surface area contributed by atoms with E-state index in [0.29, 0.717) is 31.7 Å². The molecule has 3 aromatic rings. The van der Waals surface area contributed by atoms with E-state index in [0.717, 1.165) is 17.7 Å². The highest BCUT2D eigenvalue weighted by Gasteiger charge is 2.56.